The number of anilines is 1. The predicted octanol–water partition coefficient (Wildman–Crippen LogP) is 1.03. The molecule has 8 nitrogen and oxygen atoms in total. The van der Waals surface area contributed by atoms with Crippen molar-refractivity contribution in [1.29, 1.82) is 0 Å². The lowest BCUT2D eigenvalue weighted by Gasteiger charge is -2.08. The van der Waals surface area contributed by atoms with Gasteiger partial charge in [-0.15, -0.1) is 5.10 Å². The van der Waals surface area contributed by atoms with Crippen molar-refractivity contribution >= 4 is 29.3 Å². The van der Waals surface area contributed by atoms with Gasteiger partial charge in [0, 0.05) is 19.0 Å². The molecule has 1 N–H and O–H groups in total. The Balaban J connectivity index is 1.85. The average Bonchev–Trinajstić information content (AvgIpc) is 3.09. The fourth-order valence-corrected chi connectivity index (χ4v) is 3.00. The molecule has 0 bridgehead atoms. The number of rotatable bonds is 4. The number of tetrazole rings is 1. The van der Waals surface area contributed by atoms with Gasteiger partial charge in [0.25, 0.3) is 0 Å². The standard InChI is InChI=1S/C13H13N5O3S/c1-8(19)14-9-3-2-4-10(7-9)18-13(15-16-17-18)22-11-5-6-21-12(11)20/h2-4,7,11H,5-6H2,1H3,(H,14,19)/t11-/m1/s1. The Morgan fingerprint density at radius 1 is 1.50 bits per heavy atom. The van der Waals surface area contributed by atoms with Crippen molar-refractivity contribution in [2.45, 2.75) is 23.8 Å². The SMILES string of the molecule is CC(=O)Nc1cccc(-n2nnnc2S[C@@H]2CCOC2=O)c1. The fourth-order valence-electron chi connectivity index (χ4n) is 2.04. The Morgan fingerprint density at radius 2 is 2.36 bits per heavy atom. The number of amides is 1. The van der Waals surface area contributed by atoms with Crippen LogP contribution in [0.3, 0.4) is 0 Å². The van der Waals surface area contributed by atoms with Crippen molar-refractivity contribution in [3.05, 3.63) is 24.3 Å². The summed E-state index contributed by atoms with van der Waals surface area (Å²) in [6.07, 6.45) is 0.641. The zero-order chi connectivity index (χ0) is 15.5. The van der Waals surface area contributed by atoms with Crippen LogP contribution in [0.15, 0.2) is 29.4 Å². The van der Waals surface area contributed by atoms with E-state index < -0.39 is 0 Å². The van der Waals surface area contributed by atoms with Crippen LogP contribution in [0.2, 0.25) is 0 Å². The minimum atomic E-state index is -0.289. The molecule has 2 aromatic rings. The molecule has 1 aromatic carbocycles. The number of ether oxygens (including phenoxy) is 1. The van der Waals surface area contributed by atoms with E-state index in [9.17, 15) is 9.59 Å². The maximum absolute atomic E-state index is 11.6. The van der Waals surface area contributed by atoms with Crippen molar-refractivity contribution < 1.29 is 14.3 Å². The van der Waals surface area contributed by atoms with Gasteiger partial charge in [0.2, 0.25) is 11.1 Å². The molecule has 1 aromatic heterocycles. The fraction of sp³-hybridized carbons (Fsp3) is 0.308. The summed E-state index contributed by atoms with van der Waals surface area (Å²) < 4.78 is 6.47. The number of nitrogens with one attached hydrogen (secondary N) is 1. The van der Waals surface area contributed by atoms with Crippen molar-refractivity contribution in [2.75, 3.05) is 11.9 Å². The van der Waals surface area contributed by atoms with E-state index in [0.717, 1.165) is 0 Å². The van der Waals surface area contributed by atoms with Crippen LogP contribution in [-0.4, -0.2) is 43.9 Å². The number of hydrogen-bond acceptors (Lipinski definition) is 7. The van der Waals surface area contributed by atoms with E-state index in [1.807, 2.05) is 6.07 Å². The quantitative estimate of drug-likeness (QED) is 0.840. The molecule has 2 heterocycles. The topological polar surface area (TPSA) is 99.0 Å². The summed E-state index contributed by atoms with van der Waals surface area (Å²) in [7, 11) is 0. The summed E-state index contributed by atoms with van der Waals surface area (Å²) in [6.45, 7) is 1.87. The Morgan fingerprint density at radius 3 is 3.09 bits per heavy atom. The highest BCUT2D eigenvalue weighted by Crippen LogP contribution is 2.29. The smallest absolute Gasteiger partial charge is 0.319 e. The van der Waals surface area contributed by atoms with Crippen LogP contribution < -0.4 is 5.32 Å². The van der Waals surface area contributed by atoms with Gasteiger partial charge < -0.3 is 10.1 Å². The number of carbonyl (C=O) groups excluding carboxylic acids is 2. The number of carbonyl (C=O) groups is 2. The minimum absolute atomic E-state index is 0.155. The molecule has 1 atom stereocenters. The predicted molar refractivity (Wildman–Crippen MR) is 78.7 cm³/mol. The van der Waals surface area contributed by atoms with Gasteiger partial charge in [-0.2, -0.15) is 4.68 Å². The largest absolute Gasteiger partial charge is 0.465 e. The van der Waals surface area contributed by atoms with E-state index in [1.165, 1.54) is 23.4 Å². The van der Waals surface area contributed by atoms with E-state index in [4.69, 9.17) is 4.74 Å². The van der Waals surface area contributed by atoms with Crippen molar-refractivity contribution in [3.63, 3.8) is 0 Å². The highest BCUT2D eigenvalue weighted by molar-refractivity contribution is 8.00. The van der Waals surface area contributed by atoms with Crippen LogP contribution in [0.25, 0.3) is 5.69 Å². The van der Waals surface area contributed by atoms with Gasteiger partial charge in [0.05, 0.1) is 12.3 Å². The number of thioether (sulfide) groups is 1. The van der Waals surface area contributed by atoms with Gasteiger partial charge in [-0.1, -0.05) is 17.8 Å². The van der Waals surface area contributed by atoms with Crippen LogP contribution in [0.4, 0.5) is 5.69 Å². The molecular weight excluding hydrogens is 306 g/mol. The summed E-state index contributed by atoms with van der Waals surface area (Å²) in [5, 5.41) is 14.5. The van der Waals surface area contributed by atoms with Crippen molar-refractivity contribution in [1.82, 2.24) is 20.2 Å². The molecule has 22 heavy (non-hydrogen) atoms. The Kier molecular flexibility index (Phi) is 4.05. The highest BCUT2D eigenvalue weighted by atomic mass is 32.2. The van der Waals surface area contributed by atoms with Crippen LogP contribution in [0, 0.1) is 0 Å². The van der Waals surface area contributed by atoms with Gasteiger partial charge in [0.15, 0.2) is 0 Å². The molecule has 1 fully saturated rings. The third-order valence-corrected chi connectivity index (χ3v) is 4.16. The number of aromatic nitrogens is 4. The van der Waals surface area contributed by atoms with E-state index >= 15 is 0 Å². The van der Waals surface area contributed by atoms with E-state index in [1.54, 1.807) is 18.2 Å². The maximum atomic E-state index is 11.6. The monoisotopic (exact) mass is 319 g/mol. The zero-order valence-corrected chi connectivity index (χ0v) is 12.5. The van der Waals surface area contributed by atoms with Crippen LogP contribution in [0.5, 0.6) is 0 Å². The maximum Gasteiger partial charge on any atom is 0.319 e. The number of benzene rings is 1. The first-order valence-corrected chi connectivity index (χ1v) is 7.51. The lowest BCUT2D eigenvalue weighted by molar-refractivity contribution is -0.137. The highest BCUT2D eigenvalue weighted by Gasteiger charge is 2.29. The third kappa shape index (κ3) is 3.08. The van der Waals surface area contributed by atoms with E-state index in [-0.39, 0.29) is 17.1 Å². The number of hydrogen-bond donors (Lipinski definition) is 1. The summed E-state index contributed by atoms with van der Waals surface area (Å²) in [4.78, 5) is 22.7. The summed E-state index contributed by atoms with van der Waals surface area (Å²) in [5.74, 6) is -0.399. The molecule has 3 rings (SSSR count). The van der Waals surface area contributed by atoms with Crippen molar-refractivity contribution in [2.24, 2.45) is 0 Å². The van der Waals surface area contributed by atoms with E-state index in [0.29, 0.717) is 29.6 Å². The lowest BCUT2D eigenvalue weighted by atomic mass is 10.3. The van der Waals surface area contributed by atoms with Gasteiger partial charge >= 0.3 is 5.97 Å². The second-order valence-electron chi connectivity index (χ2n) is 4.67. The molecule has 1 amide bonds. The summed E-state index contributed by atoms with van der Waals surface area (Å²) in [5.41, 5.74) is 1.35. The Hall–Kier alpha value is -2.42. The first-order chi connectivity index (χ1) is 10.6. The average molecular weight is 319 g/mol. The normalized spacial score (nSPS) is 17.3. The number of nitrogens with zero attached hydrogens (tertiary/aromatic N) is 4. The molecule has 0 radical (unpaired) electrons. The van der Waals surface area contributed by atoms with Gasteiger partial charge in [-0.25, -0.2) is 0 Å². The Labute approximate surface area is 130 Å². The molecule has 1 aliphatic rings. The number of cyclic esters (lactones) is 1. The molecule has 0 aliphatic carbocycles. The summed E-state index contributed by atoms with van der Waals surface area (Å²) >= 11 is 1.27. The minimum Gasteiger partial charge on any atom is -0.465 e. The van der Waals surface area contributed by atoms with Crippen LogP contribution >= 0.6 is 11.8 Å². The lowest BCUT2D eigenvalue weighted by Crippen LogP contribution is -2.11. The van der Waals surface area contributed by atoms with E-state index in [2.05, 4.69) is 20.8 Å². The molecular formula is C13H13N5O3S. The molecule has 9 heteroatoms. The number of esters is 1. The Bertz CT molecular complexity index is 717. The second-order valence-corrected chi connectivity index (χ2v) is 5.84. The molecule has 114 valence electrons. The van der Waals surface area contributed by atoms with Gasteiger partial charge in [-0.3, -0.25) is 9.59 Å². The summed E-state index contributed by atoms with van der Waals surface area (Å²) in [6, 6.07) is 7.14. The second kappa shape index (κ2) is 6.14. The molecule has 0 spiro atoms. The van der Waals surface area contributed by atoms with Crippen LogP contribution in [-0.2, 0) is 14.3 Å². The van der Waals surface area contributed by atoms with Crippen molar-refractivity contribution in [3.8, 4) is 5.69 Å². The van der Waals surface area contributed by atoms with Gasteiger partial charge in [-0.05, 0) is 28.6 Å². The molecule has 1 saturated heterocycles. The molecule has 0 saturated carbocycles. The zero-order valence-electron chi connectivity index (χ0n) is 11.7. The third-order valence-electron chi connectivity index (χ3n) is 2.99. The first kappa shape index (κ1) is 14.5. The van der Waals surface area contributed by atoms with Gasteiger partial charge in [0.1, 0.15) is 5.25 Å². The molecule has 1 aliphatic heterocycles. The van der Waals surface area contributed by atoms with Crippen LogP contribution in [0.1, 0.15) is 13.3 Å². The first-order valence-electron chi connectivity index (χ1n) is 6.63. The molecule has 0 unspecified atom stereocenters.